The molecule has 0 aliphatic carbocycles. The summed E-state index contributed by atoms with van der Waals surface area (Å²) in [5, 5.41) is 3.27. The van der Waals surface area contributed by atoms with Gasteiger partial charge in [0.15, 0.2) is 0 Å². The maximum atomic E-state index is 12.7. The molecule has 1 N–H and O–H groups in total. The van der Waals surface area contributed by atoms with Gasteiger partial charge in [-0.15, -0.1) is 0 Å². The van der Waals surface area contributed by atoms with Crippen LogP contribution >= 0.6 is 0 Å². The first-order valence-corrected chi connectivity index (χ1v) is 5.41. The van der Waals surface area contributed by atoms with E-state index < -0.39 is 0 Å². The van der Waals surface area contributed by atoms with Crippen LogP contribution in [-0.4, -0.2) is 44.4 Å². The van der Waals surface area contributed by atoms with Crippen LogP contribution in [0.4, 0.5) is 10.2 Å². The van der Waals surface area contributed by atoms with Crippen molar-refractivity contribution in [1.29, 1.82) is 0 Å². The number of nitrogens with one attached hydrogen (secondary N) is 1. The molecule has 5 heteroatoms. The van der Waals surface area contributed by atoms with Gasteiger partial charge in [0.2, 0.25) is 0 Å². The third-order valence-corrected chi connectivity index (χ3v) is 2.58. The molecule has 1 aromatic rings. The molecule has 0 bridgehead atoms. The quantitative estimate of drug-likeness (QED) is 0.819. The predicted molar refractivity (Wildman–Crippen MR) is 60.1 cm³/mol. The normalized spacial score (nSPS) is 20.8. The molecule has 0 saturated carbocycles. The summed E-state index contributed by atoms with van der Waals surface area (Å²) in [5.74, 6) is 0.448. The second-order valence-electron chi connectivity index (χ2n) is 3.91. The van der Waals surface area contributed by atoms with Gasteiger partial charge in [0.25, 0.3) is 0 Å². The van der Waals surface area contributed by atoms with Gasteiger partial charge in [0.05, 0.1) is 18.9 Å². The number of nitrogens with zero attached hydrogens (tertiary/aromatic N) is 2. The number of pyridine rings is 1. The standard InChI is InChI=1S/C11H16FN3O/c1-15(8-10-7-13-4-5-16-10)11-3-2-9(12)6-14-11/h2-3,6,10,13H,4-5,7-8H2,1H3. The molecule has 2 heterocycles. The molecule has 0 amide bonds. The van der Waals surface area contributed by atoms with Gasteiger partial charge >= 0.3 is 0 Å². The van der Waals surface area contributed by atoms with Gasteiger partial charge in [-0.05, 0) is 12.1 Å². The Morgan fingerprint density at radius 1 is 1.62 bits per heavy atom. The number of ether oxygens (including phenoxy) is 1. The maximum Gasteiger partial charge on any atom is 0.141 e. The van der Waals surface area contributed by atoms with Crippen molar-refractivity contribution < 1.29 is 9.13 Å². The minimum absolute atomic E-state index is 0.172. The van der Waals surface area contributed by atoms with Crippen LogP contribution < -0.4 is 10.2 Å². The van der Waals surface area contributed by atoms with Gasteiger partial charge < -0.3 is 15.0 Å². The van der Waals surface area contributed by atoms with E-state index in [9.17, 15) is 4.39 Å². The van der Waals surface area contributed by atoms with E-state index in [2.05, 4.69) is 10.3 Å². The van der Waals surface area contributed by atoms with Crippen molar-refractivity contribution in [3.63, 3.8) is 0 Å². The molecule has 1 unspecified atom stereocenters. The molecular weight excluding hydrogens is 209 g/mol. The molecule has 1 aromatic heterocycles. The fraction of sp³-hybridized carbons (Fsp3) is 0.545. The molecule has 1 aliphatic rings. The number of anilines is 1. The second-order valence-corrected chi connectivity index (χ2v) is 3.91. The number of rotatable bonds is 3. The Bertz CT molecular complexity index is 325. The zero-order valence-electron chi connectivity index (χ0n) is 9.32. The third kappa shape index (κ3) is 2.90. The van der Waals surface area contributed by atoms with Gasteiger partial charge in [0.1, 0.15) is 11.6 Å². The number of halogens is 1. The van der Waals surface area contributed by atoms with E-state index in [1.807, 2.05) is 11.9 Å². The summed E-state index contributed by atoms with van der Waals surface area (Å²) in [6, 6.07) is 3.09. The lowest BCUT2D eigenvalue weighted by Crippen LogP contribution is -2.44. The van der Waals surface area contributed by atoms with Gasteiger partial charge in [-0.25, -0.2) is 9.37 Å². The zero-order valence-corrected chi connectivity index (χ0v) is 9.32. The van der Waals surface area contributed by atoms with E-state index in [1.165, 1.54) is 12.3 Å². The lowest BCUT2D eigenvalue weighted by Gasteiger charge is -2.28. The molecule has 4 nitrogen and oxygen atoms in total. The van der Waals surface area contributed by atoms with Gasteiger partial charge in [-0.1, -0.05) is 0 Å². The molecule has 0 aromatic carbocycles. The molecule has 16 heavy (non-hydrogen) atoms. The fourth-order valence-corrected chi connectivity index (χ4v) is 1.73. The van der Waals surface area contributed by atoms with Gasteiger partial charge in [-0.3, -0.25) is 0 Å². The molecule has 2 rings (SSSR count). The number of aromatic nitrogens is 1. The summed E-state index contributed by atoms with van der Waals surface area (Å²) in [6.07, 6.45) is 1.40. The van der Waals surface area contributed by atoms with Crippen LogP contribution in [-0.2, 0) is 4.74 Å². The highest BCUT2D eigenvalue weighted by Gasteiger charge is 2.16. The van der Waals surface area contributed by atoms with Crippen molar-refractivity contribution in [3.05, 3.63) is 24.1 Å². The highest BCUT2D eigenvalue weighted by atomic mass is 19.1. The van der Waals surface area contributed by atoms with E-state index >= 15 is 0 Å². The van der Waals surface area contributed by atoms with E-state index in [0.29, 0.717) is 0 Å². The van der Waals surface area contributed by atoms with E-state index in [0.717, 1.165) is 32.1 Å². The largest absolute Gasteiger partial charge is 0.374 e. The Morgan fingerprint density at radius 3 is 3.12 bits per heavy atom. The number of morpholine rings is 1. The Labute approximate surface area is 94.4 Å². The van der Waals surface area contributed by atoms with Crippen LogP contribution in [0.15, 0.2) is 18.3 Å². The fourth-order valence-electron chi connectivity index (χ4n) is 1.73. The van der Waals surface area contributed by atoms with E-state index in [1.54, 1.807) is 6.07 Å². The van der Waals surface area contributed by atoms with Crippen LogP contribution in [0.1, 0.15) is 0 Å². The van der Waals surface area contributed by atoms with Crippen LogP contribution in [0.3, 0.4) is 0 Å². The van der Waals surface area contributed by atoms with Crippen molar-refractivity contribution in [1.82, 2.24) is 10.3 Å². The topological polar surface area (TPSA) is 37.4 Å². The molecule has 1 atom stereocenters. The van der Waals surface area contributed by atoms with Crippen molar-refractivity contribution in [2.75, 3.05) is 38.2 Å². The number of likely N-dealkylation sites (N-methyl/N-ethyl adjacent to an activating group) is 1. The third-order valence-electron chi connectivity index (χ3n) is 2.58. The molecule has 1 fully saturated rings. The monoisotopic (exact) mass is 225 g/mol. The smallest absolute Gasteiger partial charge is 0.141 e. The van der Waals surface area contributed by atoms with E-state index in [-0.39, 0.29) is 11.9 Å². The van der Waals surface area contributed by atoms with Crippen molar-refractivity contribution >= 4 is 5.82 Å². The number of hydrogen-bond donors (Lipinski definition) is 1. The molecule has 88 valence electrons. The zero-order chi connectivity index (χ0) is 11.4. The average molecular weight is 225 g/mol. The van der Waals surface area contributed by atoms with Gasteiger partial charge in [-0.2, -0.15) is 0 Å². The van der Waals surface area contributed by atoms with Crippen LogP contribution in [0.2, 0.25) is 0 Å². The summed E-state index contributed by atoms with van der Waals surface area (Å²) in [7, 11) is 1.93. The Hall–Kier alpha value is -1.20. The van der Waals surface area contributed by atoms with Gasteiger partial charge in [0, 0.05) is 26.7 Å². The molecule has 1 saturated heterocycles. The minimum Gasteiger partial charge on any atom is -0.374 e. The lowest BCUT2D eigenvalue weighted by molar-refractivity contribution is 0.0339. The predicted octanol–water partition coefficient (Wildman–Crippen LogP) is 0.645. The van der Waals surface area contributed by atoms with E-state index in [4.69, 9.17) is 4.74 Å². The first-order chi connectivity index (χ1) is 7.75. The maximum absolute atomic E-state index is 12.7. The van der Waals surface area contributed by atoms with Crippen LogP contribution in [0.25, 0.3) is 0 Å². The molecular formula is C11H16FN3O. The van der Waals surface area contributed by atoms with Crippen LogP contribution in [0, 0.1) is 5.82 Å². The highest BCUT2D eigenvalue weighted by molar-refractivity contribution is 5.36. The number of hydrogen-bond acceptors (Lipinski definition) is 4. The highest BCUT2D eigenvalue weighted by Crippen LogP contribution is 2.10. The Balaban J connectivity index is 1.91. The first-order valence-electron chi connectivity index (χ1n) is 5.41. The van der Waals surface area contributed by atoms with Crippen molar-refractivity contribution in [2.24, 2.45) is 0 Å². The Morgan fingerprint density at radius 2 is 2.50 bits per heavy atom. The molecule has 0 spiro atoms. The second kappa shape index (κ2) is 5.23. The molecule has 1 aliphatic heterocycles. The van der Waals surface area contributed by atoms with Crippen molar-refractivity contribution in [3.8, 4) is 0 Å². The minimum atomic E-state index is -0.312. The lowest BCUT2D eigenvalue weighted by atomic mass is 10.3. The summed E-state index contributed by atoms with van der Waals surface area (Å²) >= 11 is 0. The summed E-state index contributed by atoms with van der Waals surface area (Å²) in [6.45, 7) is 3.27. The van der Waals surface area contributed by atoms with Crippen molar-refractivity contribution in [2.45, 2.75) is 6.10 Å². The van der Waals surface area contributed by atoms with Crippen LogP contribution in [0.5, 0.6) is 0 Å². The summed E-state index contributed by atoms with van der Waals surface area (Å²) in [5.41, 5.74) is 0. The first kappa shape index (κ1) is 11.3. The average Bonchev–Trinajstić information content (AvgIpc) is 2.31. The summed E-state index contributed by atoms with van der Waals surface area (Å²) in [4.78, 5) is 5.99. The molecule has 0 radical (unpaired) electrons. The Kier molecular flexibility index (Phi) is 3.69. The summed E-state index contributed by atoms with van der Waals surface area (Å²) < 4.78 is 18.3. The SMILES string of the molecule is CN(CC1CNCCO1)c1ccc(F)cn1.